The van der Waals surface area contributed by atoms with Crippen LogP contribution in [0, 0.1) is 0 Å². The van der Waals surface area contributed by atoms with Crippen LogP contribution in [-0.2, 0) is 9.59 Å². The minimum Gasteiger partial charge on any atom is -0.484 e. The van der Waals surface area contributed by atoms with E-state index in [0.29, 0.717) is 18.7 Å². The average molecular weight is 333 g/mol. The topological polar surface area (TPSA) is 84.7 Å². The number of hydrogen-bond acceptors (Lipinski definition) is 4. The van der Waals surface area contributed by atoms with Gasteiger partial charge in [-0.3, -0.25) is 9.59 Å². The normalized spacial score (nSPS) is 14.8. The summed E-state index contributed by atoms with van der Waals surface area (Å²) in [7, 11) is 0. The molecule has 1 aromatic rings. The lowest BCUT2D eigenvalue weighted by Crippen LogP contribution is -2.54. The smallest absolute Gasteiger partial charge is 0.258 e. The van der Waals surface area contributed by atoms with Gasteiger partial charge < -0.3 is 20.7 Å². The second-order valence-electron chi connectivity index (χ2n) is 6.17. The fourth-order valence-electron chi connectivity index (χ4n) is 2.91. The summed E-state index contributed by atoms with van der Waals surface area (Å²) in [6, 6.07) is 7.29. The molecular weight excluding hydrogens is 306 g/mol. The van der Waals surface area contributed by atoms with E-state index < -0.39 is 0 Å². The van der Waals surface area contributed by atoms with Gasteiger partial charge in [0.05, 0.1) is 5.54 Å². The zero-order chi connectivity index (χ0) is 17.6. The van der Waals surface area contributed by atoms with Crippen molar-refractivity contribution in [3.63, 3.8) is 0 Å². The van der Waals surface area contributed by atoms with Gasteiger partial charge in [-0.15, -0.1) is 0 Å². The van der Waals surface area contributed by atoms with Crippen molar-refractivity contribution in [1.82, 2.24) is 5.32 Å². The summed E-state index contributed by atoms with van der Waals surface area (Å²) in [5.74, 6) is 0.518. The molecule has 0 radical (unpaired) electrons. The lowest BCUT2D eigenvalue weighted by Gasteiger charge is -2.31. The third-order valence-corrected chi connectivity index (χ3v) is 4.72. The third-order valence-electron chi connectivity index (χ3n) is 4.72. The van der Waals surface area contributed by atoms with E-state index in [-0.39, 0.29) is 24.0 Å². The van der Waals surface area contributed by atoms with Crippen molar-refractivity contribution in [3.8, 4) is 5.75 Å². The third kappa shape index (κ3) is 4.26. The number of nitrogens with two attached hydrogens (primary N) is 1. The molecule has 0 aliphatic carbocycles. The van der Waals surface area contributed by atoms with Gasteiger partial charge in [-0.05, 0) is 31.4 Å². The summed E-state index contributed by atoms with van der Waals surface area (Å²) >= 11 is 0. The Labute approximate surface area is 143 Å². The van der Waals surface area contributed by atoms with E-state index in [9.17, 15) is 9.59 Å². The van der Waals surface area contributed by atoms with Crippen LogP contribution < -0.4 is 20.7 Å². The van der Waals surface area contributed by atoms with Gasteiger partial charge >= 0.3 is 0 Å². The molecule has 1 heterocycles. The Bertz CT molecular complexity index is 576. The van der Waals surface area contributed by atoms with Crippen LogP contribution in [0.3, 0.4) is 0 Å². The molecular formula is C18H27N3O3. The van der Waals surface area contributed by atoms with Gasteiger partial charge in [-0.25, -0.2) is 0 Å². The van der Waals surface area contributed by atoms with Crippen LogP contribution in [-0.4, -0.2) is 37.0 Å². The standard InChI is InChI=1S/C18H27N3O3/c1-3-18(4-2,13-19)20-16(22)12-24-15-8-5-7-14(11-15)21-10-6-9-17(21)23/h5,7-8,11H,3-4,6,9-10,12-13,19H2,1-2H3,(H,20,22). The Morgan fingerprint density at radius 1 is 1.38 bits per heavy atom. The molecule has 3 N–H and O–H groups in total. The van der Waals surface area contributed by atoms with Gasteiger partial charge in [0.25, 0.3) is 5.91 Å². The number of rotatable bonds is 8. The molecule has 132 valence electrons. The number of ether oxygens (including phenoxy) is 1. The molecule has 6 nitrogen and oxygen atoms in total. The van der Waals surface area contributed by atoms with Crippen LogP contribution in [0.5, 0.6) is 5.75 Å². The number of benzene rings is 1. The molecule has 0 bridgehead atoms. The fraction of sp³-hybridized carbons (Fsp3) is 0.556. The van der Waals surface area contributed by atoms with E-state index in [4.69, 9.17) is 10.5 Å². The number of hydrogen-bond donors (Lipinski definition) is 2. The molecule has 0 atom stereocenters. The number of carbonyl (C=O) groups is 2. The highest BCUT2D eigenvalue weighted by Gasteiger charge is 2.26. The largest absolute Gasteiger partial charge is 0.484 e. The first-order valence-corrected chi connectivity index (χ1v) is 8.58. The molecule has 1 aliphatic rings. The number of amides is 2. The van der Waals surface area contributed by atoms with Gasteiger partial charge in [-0.1, -0.05) is 19.9 Å². The quantitative estimate of drug-likeness (QED) is 0.760. The monoisotopic (exact) mass is 333 g/mol. The van der Waals surface area contributed by atoms with Crippen molar-refractivity contribution in [2.45, 2.75) is 45.1 Å². The van der Waals surface area contributed by atoms with E-state index in [1.165, 1.54) is 0 Å². The summed E-state index contributed by atoms with van der Waals surface area (Å²) in [5.41, 5.74) is 6.24. The highest BCUT2D eigenvalue weighted by molar-refractivity contribution is 5.95. The predicted molar refractivity (Wildman–Crippen MR) is 94.0 cm³/mol. The second kappa shape index (κ2) is 8.15. The molecule has 1 fully saturated rings. The molecule has 24 heavy (non-hydrogen) atoms. The molecule has 0 unspecified atom stereocenters. The van der Waals surface area contributed by atoms with E-state index in [1.807, 2.05) is 26.0 Å². The summed E-state index contributed by atoms with van der Waals surface area (Å²) < 4.78 is 5.59. The van der Waals surface area contributed by atoms with Crippen LogP contribution in [0.4, 0.5) is 5.69 Å². The van der Waals surface area contributed by atoms with Crippen LogP contribution in [0.15, 0.2) is 24.3 Å². The first-order chi connectivity index (χ1) is 11.5. The minimum atomic E-state index is -0.371. The molecule has 1 saturated heterocycles. The van der Waals surface area contributed by atoms with Crippen LogP contribution in [0.1, 0.15) is 39.5 Å². The summed E-state index contributed by atoms with van der Waals surface area (Å²) in [6.45, 7) is 5.08. The van der Waals surface area contributed by atoms with E-state index in [1.54, 1.807) is 17.0 Å². The first-order valence-electron chi connectivity index (χ1n) is 8.58. The molecule has 0 saturated carbocycles. The molecule has 2 rings (SSSR count). The maximum Gasteiger partial charge on any atom is 0.258 e. The molecule has 0 spiro atoms. The highest BCUT2D eigenvalue weighted by Crippen LogP contribution is 2.25. The Kier molecular flexibility index (Phi) is 6.20. The Morgan fingerprint density at radius 2 is 2.12 bits per heavy atom. The summed E-state index contributed by atoms with van der Waals surface area (Å²) in [6.07, 6.45) is 3.01. The highest BCUT2D eigenvalue weighted by atomic mass is 16.5. The van der Waals surface area contributed by atoms with Crippen LogP contribution in [0.25, 0.3) is 0 Å². The van der Waals surface area contributed by atoms with Crippen LogP contribution in [0.2, 0.25) is 0 Å². The first kappa shape index (κ1) is 18.3. The van der Waals surface area contributed by atoms with Gasteiger partial charge in [0.2, 0.25) is 5.91 Å². The second-order valence-corrected chi connectivity index (χ2v) is 6.17. The van der Waals surface area contributed by atoms with E-state index >= 15 is 0 Å². The molecule has 2 amide bonds. The number of carbonyl (C=O) groups excluding carboxylic acids is 2. The SMILES string of the molecule is CCC(CC)(CN)NC(=O)COc1cccc(N2CCCC2=O)c1. The number of nitrogens with one attached hydrogen (secondary N) is 1. The average Bonchev–Trinajstić information content (AvgIpc) is 3.04. The lowest BCUT2D eigenvalue weighted by molar-refractivity contribution is -0.125. The van der Waals surface area contributed by atoms with Crippen molar-refractivity contribution in [3.05, 3.63) is 24.3 Å². The Balaban J connectivity index is 1.94. The minimum absolute atomic E-state index is 0.0703. The van der Waals surface area contributed by atoms with Gasteiger partial charge in [0.1, 0.15) is 5.75 Å². The fourth-order valence-corrected chi connectivity index (χ4v) is 2.91. The summed E-state index contributed by atoms with van der Waals surface area (Å²) in [4.78, 5) is 25.7. The predicted octanol–water partition coefficient (Wildman–Crippen LogP) is 1.83. The number of anilines is 1. The Morgan fingerprint density at radius 3 is 2.71 bits per heavy atom. The Hall–Kier alpha value is -2.08. The molecule has 0 aromatic heterocycles. The molecule has 1 aromatic carbocycles. The van der Waals surface area contributed by atoms with Crippen molar-refractivity contribution < 1.29 is 14.3 Å². The molecule has 1 aliphatic heterocycles. The van der Waals surface area contributed by atoms with E-state index in [2.05, 4.69) is 5.32 Å². The van der Waals surface area contributed by atoms with Crippen molar-refractivity contribution in [2.75, 3.05) is 24.6 Å². The van der Waals surface area contributed by atoms with Crippen LogP contribution >= 0.6 is 0 Å². The van der Waals surface area contributed by atoms with Crippen molar-refractivity contribution in [2.24, 2.45) is 5.73 Å². The van der Waals surface area contributed by atoms with Gasteiger partial charge in [0, 0.05) is 31.3 Å². The van der Waals surface area contributed by atoms with Crippen molar-refractivity contribution in [1.29, 1.82) is 0 Å². The van der Waals surface area contributed by atoms with Gasteiger partial charge in [0.15, 0.2) is 6.61 Å². The van der Waals surface area contributed by atoms with Gasteiger partial charge in [-0.2, -0.15) is 0 Å². The lowest BCUT2D eigenvalue weighted by atomic mass is 9.93. The summed E-state index contributed by atoms with van der Waals surface area (Å²) in [5, 5.41) is 2.97. The van der Waals surface area contributed by atoms with Crippen molar-refractivity contribution >= 4 is 17.5 Å². The maximum absolute atomic E-state index is 12.1. The zero-order valence-corrected chi connectivity index (χ0v) is 14.5. The molecule has 6 heteroatoms. The maximum atomic E-state index is 12.1. The zero-order valence-electron chi connectivity index (χ0n) is 14.5. The van der Waals surface area contributed by atoms with E-state index in [0.717, 1.165) is 31.5 Å². The number of nitrogens with zero attached hydrogens (tertiary/aromatic N) is 1.